The Morgan fingerprint density at radius 1 is 1.20 bits per heavy atom. The van der Waals surface area contributed by atoms with Gasteiger partial charge in [0.2, 0.25) is 11.7 Å². The topological polar surface area (TPSA) is 60.2 Å². The van der Waals surface area contributed by atoms with Crippen LogP contribution in [0.3, 0.4) is 0 Å². The Bertz CT molecular complexity index is 543. The van der Waals surface area contributed by atoms with E-state index >= 15 is 0 Å². The highest BCUT2D eigenvalue weighted by Crippen LogP contribution is 2.27. The summed E-state index contributed by atoms with van der Waals surface area (Å²) in [4.78, 5) is 4.55. The highest BCUT2D eigenvalue weighted by molar-refractivity contribution is 5.55. The van der Waals surface area contributed by atoms with Gasteiger partial charge in [-0.1, -0.05) is 5.16 Å². The van der Waals surface area contributed by atoms with Gasteiger partial charge >= 0.3 is 0 Å². The van der Waals surface area contributed by atoms with E-state index in [1.165, 1.54) is 0 Å². The zero-order valence-corrected chi connectivity index (χ0v) is 11.6. The Hall–Kier alpha value is -1.88. The van der Waals surface area contributed by atoms with E-state index < -0.39 is 0 Å². The molecule has 20 heavy (non-hydrogen) atoms. The minimum absolute atomic E-state index is 0.379. The van der Waals surface area contributed by atoms with Crippen LogP contribution in [0.5, 0.6) is 5.75 Å². The Morgan fingerprint density at radius 3 is 2.85 bits per heavy atom. The lowest BCUT2D eigenvalue weighted by Crippen LogP contribution is -2.13. The SMILES string of the molecule is COc1ccc(-c2noc(C3CCCNCC3)n2)cc1. The molecule has 0 saturated carbocycles. The van der Waals surface area contributed by atoms with Gasteiger partial charge < -0.3 is 14.6 Å². The molecule has 1 N–H and O–H groups in total. The molecule has 1 aliphatic heterocycles. The van der Waals surface area contributed by atoms with Crippen molar-refractivity contribution in [3.63, 3.8) is 0 Å². The lowest BCUT2D eigenvalue weighted by molar-refractivity contribution is 0.343. The molecular weight excluding hydrogens is 254 g/mol. The second-order valence-corrected chi connectivity index (χ2v) is 5.06. The molecule has 1 unspecified atom stereocenters. The smallest absolute Gasteiger partial charge is 0.230 e. The molecule has 0 spiro atoms. The third kappa shape index (κ3) is 2.82. The summed E-state index contributed by atoms with van der Waals surface area (Å²) in [5, 5.41) is 7.49. The summed E-state index contributed by atoms with van der Waals surface area (Å²) in [7, 11) is 1.65. The number of hydrogen-bond donors (Lipinski definition) is 1. The summed E-state index contributed by atoms with van der Waals surface area (Å²) < 4.78 is 10.6. The molecule has 0 radical (unpaired) electrons. The van der Waals surface area contributed by atoms with E-state index in [9.17, 15) is 0 Å². The van der Waals surface area contributed by atoms with Gasteiger partial charge in [0.15, 0.2) is 0 Å². The van der Waals surface area contributed by atoms with Gasteiger partial charge in [0.1, 0.15) is 5.75 Å². The number of ether oxygens (including phenoxy) is 1. The van der Waals surface area contributed by atoms with Crippen LogP contribution in [0.15, 0.2) is 28.8 Å². The molecule has 1 aromatic heterocycles. The van der Waals surface area contributed by atoms with Gasteiger partial charge in [-0.25, -0.2) is 0 Å². The number of hydrogen-bond acceptors (Lipinski definition) is 5. The van der Waals surface area contributed by atoms with E-state index in [2.05, 4.69) is 15.5 Å². The number of methoxy groups -OCH3 is 1. The summed E-state index contributed by atoms with van der Waals surface area (Å²) in [6.07, 6.45) is 3.33. The average molecular weight is 273 g/mol. The Kier molecular flexibility index (Phi) is 3.97. The third-order valence-corrected chi connectivity index (χ3v) is 3.71. The van der Waals surface area contributed by atoms with Crippen molar-refractivity contribution in [3.05, 3.63) is 30.2 Å². The lowest BCUT2D eigenvalue weighted by atomic mass is 10.0. The fraction of sp³-hybridized carbons (Fsp3) is 0.467. The number of benzene rings is 1. The maximum absolute atomic E-state index is 5.45. The third-order valence-electron chi connectivity index (χ3n) is 3.71. The quantitative estimate of drug-likeness (QED) is 0.931. The highest BCUT2D eigenvalue weighted by atomic mass is 16.5. The maximum Gasteiger partial charge on any atom is 0.230 e. The van der Waals surface area contributed by atoms with Gasteiger partial charge in [0, 0.05) is 11.5 Å². The monoisotopic (exact) mass is 273 g/mol. The fourth-order valence-corrected chi connectivity index (χ4v) is 2.52. The van der Waals surface area contributed by atoms with Crippen LogP contribution in [0, 0.1) is 0 Å². The zero-order valence-electron chi connectivity index (χ0n) is 11.6. The van der Waals surface area contributed by atoms with Crippen molar-refractivity contribution in [2.75, 3.05) is 20.2 Å². The molecule has 1 atom stereocenters. The van der Waals surface area contributed by atoms with E-state index in [1.54, 1.807) is 7.11 Å². The molecule has 0 aliphatic carbocycles. The summed E-state index contributed by atoms with van der Waals surface area (Å²) in [6, 6.07) is 7.70. The molecule has 1 aromatic carbocycles. The first-order valence-electron chi connectivity index (χ1n) is 7.05. The normalized spacial score (nSPS) is 19.6. The molecule has 0 bridgehead atoms. The van der Waals surface area contributed by atoms with E-state index in [-0.39, 0.29) is 0 Å². The van der Waals surface area contributed by atoms with E-state index in [0.717, 1.165) is 49.6 Å². The molecule has 2 aromatic rings. The van der Waals surface area contributed by atoms with Crippen molar-refractivity contribution in [2.45, 2.75) is 25.2 Å². The predicted molar refractivity (Wildman–Crippen MR) is 75.7 cm³/mol. The molecular formula is C15H19N3O2. The number of nitrogens with one attached hydrogen (secondary N) is 1. The van der Waals surface area contributed by atoms with E-state index in [0.29, 0.717) is 11.7 Å². The van der Waals surface area contributed by atoms with Crippen LogP contribution >= 0.6 is 0 Å². The van der Waals surface area contributed by atoms with Crippen molar-refractivity contribution in [1.82, 2.24) is 15.5 Å². The van der Waals surface area contributed by atoms with Crippen molar-refractivity contribution < 1.29 is 9.26 Å². The predicted octanol–water partition coefficient (Wildman–Crippen LogP) is 2.60. The number of aromatic nitrogens is 2. The second-order valence-electron chi connectivity index (χ2n) is 5.06. The first-order valence-corrected chi connectivity index (χ1v) is 7.05. The molecule has 0 amide bonds. The molecule has 3 rings (SSSR count). The van der Waals surface area contributed by atoms with Crippen molar-refractivity contribution in [1.29, 1.82) is 0 Å². The first-order chi connectivity index (χ1) is 9.86. The summed E-state index contributed by atoms with van der Waals surface area (Å²) >= 11 is 0. The van der Waals surface area contributed by atoms with Crippen LogP contribution in [-0.4, -0.2) is 30.3 Å². The van der Waals surface area contributed by atoms with Gasteiger partial charge in [-0.2, -0.15) is 4.98 Å². The maximum atomic E-state index is 5.45. The molecule has 5 heteroatoms. The summed E-state index contributed by atoms with van der Waals surface area (Å²) in [5.74, 6) is 2.62. The Labute approximate surface area is 118 Å². The summed E-state index contributed by atoms with van der Waals surface area (Å²) in [6.45, 7) is 2.10. The first kappa shape index (κ1) is 13.1. The molecule has 1 aliphatic rings. The molecule has 106 valence electrons. The van der Waals surface area contributed by atoms with Crippen LogP contribution in [-0.2, 0) is 0 Å². The van der Waals surface area contributed by atoms with Crippen molar-refractivity contribution in [2.24, 2.45) is 0 Å². The average Bonchev–Trinajstić information content (AvgIpc) is 2.83. The van der Waals surface area contributed by atoms with Gasteiger partial charge in [-0.3, -0.25) is 0 Å². The molecule has 5 nitrogen and oxygen atoms in total. The van der Waals surface area contributed by atoms with Crippen molar-refractivity contribution in [3.8, 4) is 17.1 Å². The lowest BCUT2D eigenvalue weighted by Gasteiger charge is -2.06. The largest absolute Gasteiger partial charge is 0.497 e. The Balaban J connectivity index is 1.78. The minimum atomic E-state index is 0.379. The van der Waals surface area contributed by atoms with Gasteiger partial charge in [0.25, 0.3) is 0 Å². The molecule has 2 heterocycles. The van der Waals surface area contributed by atoms with Crippen molar-refractivity contribution >= 4 is 0 Å². The highest BCUT2D eigenvalue weighted by Gasteiger charge is 2.20. The second kappa shape index (κ2) is 6.05. The zero-order chi connectivity index (χ0) is 13.8. The van der Waals surface area contributed by atoms with E-state index in [1.807, 2.05) is 24.3 Å². The Morgan fingerprint density at radius 2 is 2.05 bits per heavy atom. The van der Waals surface area contributed by atoms with Crippen LogP contribution in [0.2, 0.25) is 0 Å². The van der Waals surface area contributed by atoms with Gasteiger partial charge in [-0.15, -0.1) is 0 Å². The van der Waals surface area contributed by atoms with Crippen LogP contribution < -0.4 is 10.1 Å². The van der Waals surface area contributed by atoms with Crippen LogP contribution in [0.4, 0.5) is 0 Å². The number of nitrogens with zero attached hydrogens (tertiary/aromatic N) is 2. The van der Waals surface area contributed by atoms with Gasteiger partial charge in [-0.05, 0) is 56.6 Å². The fourth-order valence-electron chi connectivity index (χ4n) is 2.52. The van der Waals surface area contributed by atoms with Gasteiger partial charge in [0.05, 0.1) is 7.11 Å². The number of rotatable bonds is 3. The van der Waals surface area contributed by atoms with Crippen LogP contribution in [0.25, 0.3) is 11.4 Å². The summed E-state index contributed by atoms with van der Waals surface area (Å²) in [5.41, 5.74) is 0.951. The molecule has 1 saturated heterocycles. The standard InChI is InChI=1S/C15H19N3O2/c1-19-13-6-4-11(5-7-13)14-17-15(20-18-14)12-3-2-9-16-10-8-12/h4-7,12,16H,2-3,8-10H2,1H3. The van der Waals surface area contributed by atoms with Crippen LogP contribution in [0.1, 0.15) is 31.1 Å². The minimum Gasteiger partial charge on any atom is -0.497 e. The molecule has 1 fully saturated rings. The van der Waals surface area contributed by atoms with E-state index in [4.69, 9.17) is 9.26 Å².